The Morgan fingerprint density at radius 3 is 2.42 bits per heavy atom. The van der Waals surface area contributed by atoms with Gasteiger partial charge in [0.05, 0.1) is 18.8 Å². The third kappa shape index (κ3) is 3.24. The Hall–Kier alpha value is -3.79. The normalized spacial score (nSPS) is 25.4. The summed E-state index contributed by atoms with van der Waals surface area (Å²) in [6, 6.07) is 10.1. The lowest BCUT2D eigenvalue weighted by Crippen LogP contribution is -2.57. The molecule has 3 atom stereocenters. The second-order valence-electron chi connectivity index (χ2n) is 10.0. The van der Waals surface area contributed by atoms with Crippen molar-refractivity contribution in [2.24, 2.45) is 0 Å². The van der Waals surface area contributed by atoms with Gasteiger partial charge in [0.1, 0.15) is 16.8 Å². The minimum Gasteiger partial charge on any atom is -0.467 e. The van der Waals surface area contributed by atoms with Gasteiger partial charge < -0.3 is 9.47 Å². The molecule has 0 radical (unpaired) electrons. The van der Waals surface area contributed by atoms with Crippen molar-refractivity contribution in [3.8, 4) is 0 Å². The number of ether oxygens (including phenoxy) is 2. The SMILES string of the molecule is COC(=O)[C@H]1N2C(=O)CCN2[C@@H](c2ccccc2)C12C(=O)N(C(=O)OC(C)(C)C)c1ccc(F)cc12. The Morgan fingerprint density at radius 2 is 1.78 bits per heavy atom. The van der Waals surface area contributed by atoms with E-state index in [-0.39, 0.29) is 30.1 Å². The number of methoxy groups -OCH3 is 1. The Morgan fingerprint density at radius 1 is 1.08 bits per heavy atom. The summed E-state index contributed by atoms with van der Waals surface area (Å²) in [7, 11) is 1.16. The van der Waals surface area contributed by atoms with Crippen LogP contribution in [0, 0.1) is 5.82 Å². The van der Waals surface area contributed by atoms with E-state index in [2.05, 4.69) is 0 Å². The Bertz CT molecular complexity index is 1280. The molecule has 1 spiro atoms. The lowest BCUT2D eigenvalue weighted by atomic mass is 9.68. The number of carbonyl (C=O) groups is 4. The molecule has 0 N–H and O–H groups in total. The number of rotatable bonds is 2. The molecule has 3 amide bonds. The summed E-state index contributed by atoms with van der Waals surface area (Å²) in [6.45, 7) is 5.21. The summed E-state index contributed by atoms with van der Waals surface area (Å²) in [5.74, 6) is -2.66. The summed E-state index contributed by atoms with van der Waals surface area (Å²) in [6.07, 6.45) is -0.826. The minimum atomic E-state index is -1.86. The molecule has 9 nitrogen and oxygen atoms in total. The van der Waals surface area contributed by atoms with E-state index in [4.69, 9.17) is 9.47 Å². The number of hydrazine groups is 1. The van der Waals surface area contributed by atoms with Crippen LogP contribution in [0.4, 0.5) is 14.9 Å². The van der Waals surface area contributed by atoms with Crippen LogP contribution in [-0.4, -0.2) is 59.2 Å². The molecule has 0 saturated carbocycles. The predicted octanol–water partition coefficient (Wildman–Crippen LogP) is 3.09. The van der Waals surface area contributed by atoms with Crippen LogP contribution in [0.5, 0.6) is 0 Å². The number of nitrogens with zero attached hydrogens (tertiary/aromatic N) is 3. The number of fused-ring (bicyclic) bond motifs is 3. The van der Waals surface area contributed by atoms with Crippen molar-refractivity contribution in [2.45, 2.75) is 50.3 Å². The van der Waals surface area contributed by atoms with Gasteiger partial charge in [-0.3, -0.25) is 14.6 Å². The first-order valence-electron chi connectivity index (χ1n) is 11.6. The maximum atomic E-state index is 14.8. The maximum absolute atomic E-state index is 14.8. The average Bonchev–Trinajstić information content (AvgIpc) is 3.42. The summed E-state index contributed by atoms with van der Waals surface area (Å²) in [5, 5.41) is 2.90. The number of halogens is 1. The molecule has 0 aromatic heterocycles. The molecule has 2 fully saturated rings. The molecular formula is C26H26FN3O6. The molecule has 1 unspecified atom stereocenters. The molecule has 3 aliphatic rings. The third-order valence-corrected chi connectivity index (χ3v) is 6.81. The van der Waals surface area contributed by atoms with Gasteiger partial charge in [-0.05, 0) is 50.1 Å². The highest BCUT2D eigenvalue weighted by molar-refractivity contribution is 6.23. The van der Waals surface area contributed by atoms with Crippen molar-refractivity contribution < 1.29 is 33.0 Å². The van der Waals surface area contributed by atoms with Crippen LogP contribution in [-0.2, 0) is 29.3 Å². The Kier molecular flexibility index (Phi) is 5.40. The van der Waals surface area contributed by atoms with Crippen LogP contribution in [0.1, 0.15) is 44.4 Å². The molecule has 2 aromatic carbocycles. The third-order valence-electron chi connectivity index (χ3n) is 6.81. The Balaban J connectivity index is 1.83. The van der Waals surface area contributed by atoms with Crippen LogP contribution in [0.25, 0.3) is 0 Å². The van der Waals surface area contributed by atoms with Gasteiger partial charge in [-0.1, -0.05) is 30.3 Å². The lowest BCUT2D eigenvalue weighted by Gasteiger charge is -2.34. The molecule has 188 valence electrons. The van der Waals surface area contributed by atoms with Crippen molar-refractivity contribution in [1.82, 2.24) is 10.0 Å². The second-order valence-corrected chi connectivity index (χ2v) is 10.0. The van der Waals surface area contributed by atoms with E-state index < -0.39 is 46.9 Å². The van der Waals surface area contributed by atoms with Crippen molar-refractivity contribution in [3.63, 3.8) is 0 Å². The zero-order chi connectivity index (χ0) is 26.0. The Labute approximate surface area is 207 Å². The first-order chi connectivity index (χ1) is 17.0. The number of imide groups is 1. The number of amides is 3. The van der Waals surface area contributed by atoms with Crippen molar-refractivity contribution >= 4 is 29.6 Å². The van der Waals surface area contributed by atoms with Gasteiger partial charge in [0.2, 0.25) is 5.91 Å². The maximum Gasteiger partial charge on any atom is 0.421 e. The molecule has 3 heterocycles. The van der Waals surface area contributed by atoms with Crippen molar-refractivity contribution in [2.75, 3.05) is 18.6 Å². The number of benzene rings is 2. The van der Waals surface area contributed by atoms with Gasteiger partial charge in [-0.15, -0.1) is 0 Å². The van der Waals surface area contributed by atoms with Gasteiger partial charge in [0.25, 0.3) is 5.91 Å². The molecule has 3 aliphatic heterocycles. The molecule has 0 bridgehead atoms. The highest BCUT2D eigenvalue weighted by Gasteiger charge is 2.74. The lowest BCUT2D eigenvalue weighted by molar-refractivity contribution is -0.158. The second kappa shape index (κ2) is 8.12. The van der Waals surface area contributed by atoms with Crippen LogP contribution >= 0.6 is 0 Å². The molecule has 0 aliphatic carbocycles. The van der Waals surface area contributed by atoms with Gasteiger partial charge in [-0.25, -0.2) is 23.9 Å². The van der Waals surface area contributed by atoms with Gasteiger partial charge in [-0.2, -0.15) is 0 Å². The van der Waals surface area contributed by atoms with Crippen molar-refractivity contribution in [3.05, 3.63) is 65.5 Å². The molecule has 10 heteroatoms. The fourth-order valence-electron chi connectivity index (χ4n) is 5.63. The zero-order valence-electron chi connectivity index (χ0n) is 20.4. The number of carbonyl (C=O) groups excluding carboxylic acids is 4. The topological polar surface area (TPSA) is 96.5 Å². The number of hydrogen-bond acceptors (Lipinski definition) is 7. The fraction of sp³-hybridized carbons (Fsp3) is 0.385. The van der Waals surface area contributed by atoms with E-state index in [1.165, 1.54) is 11.1 Å². The predicted molar refractivity (Wildman–Crippen MR) is 125 cm³/mol. The summed E-state index contributed by atoms with van der Waals surface area (Å²) < 4.78 is 25.4. The molecular weight excluding hydrogens is 469 g/mol. The monoisotopic (exact) mass is 495 g/mol. The quantitative estimate of drug-likeness (QED) is 0.591. The molecule has 2 saturated heterocycles. The van der Waals surface area contributed by atoms with Crippen LogP contribution in [0.15, 0.2) is 48.5 Å². The largest absolute Gasteiger partial charge is 0.467 e. The average molecular weight is 496 g/mol. The van der Waals surface area contributed by atoms with Crippen LogP contribution in [0.3, 0.4) is 0 Å². The van der Waals surface area contributed by atoms with Gasteiger partial charge in [0.15, 0.2) is 6.04 Å². The van der Waals surface area contributed by atoms with E-state index in [0.717, 1.165) is 24.1 Å². The van der Waals surface area contributed by atoms with Crippen LogP contribution < -0.4 is 4.90 Å². The molecule has 36 heavy (non-hydrogen) atoms. The number of anilines is 1. The number of hydrogen-bond donors (Lipinski definition) is 0. The minimum absolute atomic E-state index is 0.0975. The van der Waals surface area contributed by atoms with E-state index in [0.29, 0.717) is 5.56 Å². The highest BCUT2D eigenvalue weighted by atomic mass is 19.1. The summed E-state index contributed by atoms with van der Waals surface area (Å²) in [4.78, 5) is 55.1. The summed E-state index contributed by atoms with van der Waals surface area (Å²) >= 11 is 0. The van der Waals surface area contributed by atoms with E-state index >= 15 is 0 Å². The molecule has 2 aromatic rings. The standard InChI is InChI=1S/C26H26FN3O6/c1-25(2,3)36-24(34)29-18-11-10-16(27)14-17(18)26(23(29)33)20(15-8-6-5-7-9-15)28-13-12-19(31)30(28)21(26)22(32)35-4/h5-11,14,20-21H,12-13H2,1-4H3/t20-,21+,26?/m0/s1. The van der Waals surface area contributed by atoms with Crippen LogP contribution in [0.2, 0.25) is 0 Å². The highest BCUT2D eigenvalue weighted by Crippen LogP contribution is 2.60. The smallest absolute Gasteiger partial charge is 0.421 e. The first-order valence-corrected chi connectivity index (χ1v) is 11.6. The summed E-state index contributed by atoms with van der Waals surface area (Å²) in [5.41, 5.74) is -1.95. The van der Waals surface area contributed by atoms with E-state index in [1.54, 1.807) is 56.1 Å². The van der Waals surface area contributed by atoms with Gasteiger partial charge in [0, 0.05) is 13.0 Å². The van der Waals surface area contributed by atoms with E-state index in [9.17, 15) is 23.6 Å². The molecule has 5 rings (SSSR count). The van der Waals surface area contributed by atoms with Gasteiger partial charge >= 0.3 is 12.1 Å². The fourth-order valence-corrected chi connectivity index (χ4v) is 5.63. The first kappa shape index (κ1) is 23.9. The number of esters is 1. The van der Waals surface area contributed by atoms with Crippen molar-refractivity contribution in [1.29, 1.82) is 0 Å². The zero-order valence-corrected chi connectivity index (χ0v) is 20.4. The van der Waals surface area contributed by atoms with E-state index in [1.807, 2.05) is 0 Å².